The fourth-order valence-corrected chi connectivity index (χ4v) is 2.60. The predicted octanol–water partition coefficient (Wildman–Crippen LogP) is 2.00. The minimum absolute atomic E-state index is 0.295. The highest BCUT2D eigenvalue weighted by Crippen LogP contribution is 2.21. The van der Waals surface area contributed by atoms with Gasteiger partial charge in [0.25, 0.3) is 5.16 Å². The fraction of sp³-hybridized carbons (Fsp3) is 0.214. The lowest BCUT2D eigenvalue weighted by Crippen LogP contribution is -2.08. The first-order valence-electron chi connectivity index (χ1n) is 6.63. The van der Waals surface area contributed by atoms with Crippen molar-refractivity contribution >= 4 is 15.4 Å². The lowest BCUT2D eigenvalue weighted by Gasteiger charge is -2.04. The van der Waals surface area contributed by atoms with E-state index in [1.807, 2.05) is 0 Å². The molecule has 0 aliphatic rings. The molecule has 23 heavy (non-hydrogen) atoms. The average molecular weight is 338 g/mol. The smallest absolute Gasteiger partial charge is 0.254 e. The van der Waals surface area contributed by atoms with Crippen molar-refractivity contribution in [2.24, 2.45) is 0 Å². The van der Waals surface area contributed by atoms with Gasteiger partial charge in [-0.15, -0.1) is 5.10 Å². The van der Waals surface area contributed by atoms with E-state index in [-0.39, 0.29) is 11.6 Å². The van der Waals surface area contributed by atoms with E-state index in [0.29, 0.717) is 22.5 Å². The molecule has 0 aliphatic heterocycles. The Balaban J connectivity index is 2.05. The topological polar surface area (TPSA) is 77.2 Å². The minimum Gasteiger partial charge on any atom is -0.254 e. The molecule has 0 unspecified atom stereocenters. The first-order chi connectivity index (χ1) is 10.8. The van der Waals surface area contributed by atoms with Gasteiger partial charge in [0.2, 0.25) is 16.3 Å². The molecule has 120 valence electrons. The normalized spacial score (nSPS) is 12.2. The summed E-state index contributed by atoms with van der Waals surface area (Å²) in [6.45, 7) is 0. The first kappa shape index (κ1) is 15.5. The number of fused-ring (bicyclic) bond motifs is 1. The Kier molecular flexibility index (Phi) is 3.80. The lowest BCUT2D eigenvalue weighted by atomic mass is 10.2. The van der Waals surface area contributed by atoms with Crippen LogP contribution in [0.25, 0.3) is 16.9 Å². The van der Waals surface area contributed by atoms with Crippen molar-refractivity contribution in [3.05, 3.63) is 42.2 Å². The molecule has 0 N–H and O–H groups in total. The largest absolute Gasteiger partial charge is 0.265 e. The Morgan fingerprint density at radius 3 is 2.52 bits per heavy atom. The Morgan fingerprint density at radius 2 is 1.91 bits per heavy atom. The summed E-state index contributed by atoms with van der Waals surface area (Å²) in [5.41, 5.74) is 2.08. The molecule has 0 fully saturated rings. The Labute approximate surface area is 130 Å². The molecular weight excluding hydrogens is 326 g/mol. The zero-order valence-electron chi connectivity index (χ0n) is 12.0. The van der Waals surface area contributed by atoms with Gasteiger partial charge >= 0.3 is 0 Å². The molecule has 3 rings (SSSR count). The third-order valence-corrected chi connectivity index (χ3v) is 4.04. The van der Waals surface area contributed by atoms with Crippen LogP contribution in [0.15, 0.2) is 41.8 Å². The standard InChI is InChI=1S/C14H12F2N4O2S/c1-23(21,22)14-18-8-10-3-5-12(20(10)19-14)11-4-2-9(7-17-11)6-13(15)16/h2-5,7-8,13H,6H2,1H3. The third kappa shape index (κ3) is 3.19. The fourth-order valence-electron chi connectivity index (χ4n) is 2.13. The van der Waals surface area contributed by atoms with E-state index in [1.54, 1.807) is 24.3 Å². The molecule has 9 heteroatoms. The number of aromatic nitrogens is 4. The van der Waals surface area contributed by atoms with Gasteiger partial charge in [-0.25, -0.2) is 26.7 Å². The van der Waals surface area contributed by atoms with E-state index < -0.39 is 16.3 Å². The number of hydrogen-bond donors (Lipinski definition) is 0. The Bertz CT molecular complexity index is 953. The van der Waals surface area contributed by atoms with E-state index in [2.05, 4.69) is 15.1 Å². The second-order valence-corrected chi connectivity index (χ2v) is 6.92. The maximum Gasteiger partial charge on any atom is 0.265 e. The van der Waals surface area contributed by atoms with Gasteiger partial charge < -0.3 is 0 Å². The van der Waals surface area contributed by atoms with Crippen molar-refractivity contribution in [3.63, 3.8) is 0 Å². The molecular formula is C14H12F2N4O2S. The lowest BCUT2D eigenvalue weighted by molar-refractivity contribution is 0.149. The molecule has 0 saturated heterocycles. The molecule has 0 aromatic carbocycles. The molecule has 6 nitrogen and oxygen atoms in total. The SMILES string of the molecule is CS(=O)(=O)c1ncc2ccc(-c3ccc(CC(F)F)cn3)n2n1. The van der Waals surface area contributed by atoms with Gasteiger partial charge in [0, 0.05) is 18.9 Å². The van der Waals surface area contributed by atoms with Crippen LogP contribution >= 0.6 is 0 Å². The van der Waals surface area contributed by atoms with Gasteiger partial charge in [0.1, 0.15) is 0 Å². The molecule has 3 aromatic heterocycles. The van der Waals surface area contributed by atoms with E-state index in [1.165, 1.54) is 16.9 Å². The van der Waals surface area contributed by atoms with Crippen molar-refractivity contribution in [1.29, 1.82) is 0 Å². The summed E-state index contributed by atoms with van der Waals surface area (Å²) in [4.78, 5) is 7.96. The van der Waals surface area contributed by atoms with Gasteiger partial charge in [0.05, 0.1) is 23.1 Å². The molecule has 3 heterocycles. The van der Waals surface area contributed by atoms with Gasteiger partial charge in [-0.05, 0) is 23.8 Å². The van der Waals surface area contributed by atoms with E-state index in [4.69, 9.17) is 0 Å². The van der Waals surface area contributed by atoms with Crippen molar-refractivity contribution in [3.8, 4) is 11.4 Å². The van der Waals surface area contributed by atoms with Gasteiger partial charge in [-0.1, -0.05) is 6.07 Å². The quantitative estimate of drug-likeness (QED) is 0.727. The Morgan fingerprint density at radius 1 is 1.13 bits per heavy atom. The highest BCUT2D eigenvalue weighted by Gasteiger charge is 2.15. The summed E-state index contributed by atoms with van der Waals surface area (Å²) < 4.78 is 49.3. The van der Waals surface area contributed by atoms with Crippen molar-refractivity contribution in [2.45, 2.75) is 18.0 Å². The second-order valence-electron chi connectivity index (χ2n) is 5.02. The molecule has 0 amide bonds. The van der Waals surface area contributed by atoms with Crippen molar-refractivity contribution < 1.29 is 17.2 Å². The summed E-state index contributed by atoms with van der Waals surface area (Å²) in [6, 6.07) is 6.59. The van der Waals surface area contributed by atoms with Gasteiger partial charge in [-0.2, -0.15) is 0 Å². The van der Waals surface area contributed by atoms with Crippen molar-refractivity contribution in [2.75, 3.05) is 6.26 Å². The van der Waals surface area contributed by atoms with Gasteiger partial charge in [0.15, 0.2) is 0 Å². The molecule has 0 bridgehead atoms. The molecule has 0 radical (unpaired) electrons. The second kappa shape index (κ2) is 5.65. The van der Waals surface area contributed by atoms with E-state index in [9.17, 15) is 17.2 Å². The predicted molar refractivity (Wildman–Crippen MR) is 79.0 cm³/mol. The van der Waals surface area contributed by atoms with Crippen LogP contribution in [0.1, 0.15) is 5.56 Å². The maximum absolute atomic E-state index is 12.4. The number of hydrogen-bond acceptors (Lipinski definition) is 5. The van der Waals surface area contributed by atoms with E-state index in [0.717, 1.165) is 6.26 Å². The zero-order valence-corrected chi connectivity index (χ0v) is 12.8. The number of pyridine rings is 1. The molecule has 3 aromatic rings. The summed E-state index contributed by atoms with van der Waals surface area (Å²) in [6.07, 6.45) is 1.01. The van der Waals surface area contributed by atoms with Crippen LogP contribution in [-0.4, -0.2) is 40.7 Å². The minimum atomic E-state index is -3.54. The number of sulfone groups is 1. The molecule has 0 atom stereocenters. The van der Waals surface area contributed by atoms with Gasteiger partial charge in [-0.3, -0.25) is 4.98 Å². The average Bonchev–Trinajstić information content (AvgIpc) is 2.89. The van der Waals surface area contributed by atoms with Crippen LogP contribution in [0.2, 0.25) is 0 Å². The summed E-state index contributed by atoms with van der Waals surface area (Å²) >= 11 is 0. The number of rotatable bonds is 4. The molecule has 0 saturated carbocycles. The summed E-state index contributed by atoms with van der Waals surface area (Å²) in [5.74, 6) is 0. The Hall–Kier alpha value is -2.42. The number of halogens is 2. The van der Waals surface area contributed by atoms with E-state index >= 15 is 0 Å². The van der Waals surface area contributed by atoms with Crippen LogP contribution in [0.5, 0.6) is 0 Å². The van der Waals surface area contributed by atoms with Crippen LogP contribution in [0.3, 0.4) is 0 Å². The van der Waals surface area contributed by atoms with Crippen LogP contribution in [0.4, 0.5) is 8.78 Å². The summed E-state index contributed by atoms with van der Waals surface area (Å²) in [5, 5.41) is 3.72. The highest BCUT2D eigenvalue weighted by molar-refractivity contribution is 7.90. The third-order valence-electron chi connectivity index (χ3n) is 3.19. The number of alkyl halides is 2. The van der Waals surface area contributed by atoms with Crippen LogP contribution < -0.4 is 0 Å². The molecule has 0 spiro atoms. The monoisotopic (exact) mass is 338 g/mol. The number of nitrogens with zero attached hydrogens (tertiary/aromatic N) is 4. The van der Waals surface area contributed by atoms with Crippen LogP contribution in [-0.2, 0) is 16.3 Å². The maximum atomic E-state index is 12.4. The zero-order chi connectivity index (χ0) is 16.6. The molecule has 0 aliphatic carbocycles. The van der Waals surface area contributed by atoms with Crippen molar-refractivity contribution in [1.82, 2.24) is 19.6 Å². The highest BCUT2D eigenvalue weighted by atomic mass is 32.2. The summed E-state index contributed by atoms with van der Waals surface area (Å²) in [7, 11) is -3.54. The first-order valence-corrected chi connectivity index (χ1v) is 8.52. The van der Waals surface area contributed by atoms with Crippen LogP contribution in [0, 0.1) is 0 Å².